The van der Waals surface area contributed by atoms with E-state index >= 15 is 0 Å². The number of carbonyl (C=O) groups is 1. The van der Waals surface area contributed by atoms with E-state index in [1.807, 2.05) is 13.8 Å². The first kappa shape index (κ1) is 18.4. The molecule has 0 aliphatic carbocycles. The predicted molar refractivity (Wildman–Crippen MR) is 93.1 cm³/mol. The lowest BCUT2D eigenvalue weighted by molar-refractivity contribution is -0.384. The van der Waals surface area contributed by atoms with E-state index < -0.39 is 4.92 Å². The molecule has 1 heterocycles. The Balaban J connectivity index is 1.89. The summed E-state index contributed by atoms with van der Waals surface area (Å²) in [6.45, 7) is 3.77. The van der Waals surface area contributed by atoms with Crippen LogP contribution in [0.3, 0.4) is 0 Å². The molecule has 0 spiro atoms. The molecule has 2 rings (SSSR count). The van der Waals surface area contributed by atoms with Gasteiger partial charge in [-0.15, -0.1) is 5.10 Å². The molecule has 0 fully saturated rings. The number of non-ortho nitro benzene ring substituents is 1. The maximum atomic E-state index is 11.9. The van der Waals surface area contributed by atoms with E-state index in [-0.39, 0.29) is 28.5 Å². The van der Waals surface area contributed by atoms with E-state index in [9.17, 15) is 14.9 Å². The minimum absolute atomic E-state index is 0.00313. The van der Waals surface area contributed by atoms with Crippen molar-refractivity contribution in [3.05, 3.63) is 33.3 Å². The van der Waals surface area contributed by atoms with Crippen LogP contribution in [0, 0.1) is 10.1 Å². The van der Waals surface area contributed by atoms with Crippen molar-refractivity contribution >= 4 is 52.0 Å². The number of anilines is 1. The normalized spacial score (nSPS) is 10.7. The number of hydrogen-bond donors (Lipinski definition) is 1. The minimum Gasteiger partial charge on any atom is -0.466 e. The average molecular weight is 389 g/mol. The van der Waals surface area contributed by atoms with Gasteiger partial charge in [0.2, 0.25) is 5.91 Å². The molecule has 0 aliphatic rings. The molecular formula is C13H13ClN4O4S2. The van der Waals surface area contributed by atoms with Crippen molar-refractivity contribution in [2.45, 2.75) is 24.3 Å². The van der Waals surface area contributed by atoms with E-state index in [0.717, 1.165) is 0 Å². The number of hydrogen-bond acceptors (Lipinski definition) is 8. The molecule has 0 saturated carbocycles. The van der Waals surface area contributed by atoms with E-state index in [0.29, 0.717) is 15.2 Å². The molecule has 1 aromatic carbocycles. The number of carbonyl (C=O) groups excluding carboxylic acids is 1. The number of nitro benzene ring substituents is 1. The summed E-state index contributed by atoms with van der Waals surface area (Å²) in [6.07, 6.45) is 0.00313. The van der Waals surface area contributed by atoms with Crippen molar-refractivity contribution in [1.82, 2.24) is 10.2 Å². The van der Waals surface area contributed by atoms with Crippen LogP contribution in [0.15, 0.2) is 22.5 Å². The third kappa shape index (κ3) is 5.32. The van der Waals surface area contributed by atoms with Gasteiger partial charge in [-0.3, -0.25) is 14.9 Å². The maximum Gasteiger partial charge on any atom is 0.295 e. The number of halogens is 1. The smallest absolute Gasteiger partial charge is 0.295 e. The molecule has 0 bridgehead atoms. The van der Waals surface area contributed by atoms with E-state index in [2.05, 4.69) is 15.5 Å². The third-order valence-corrected chi connectivity index (χ3v) is 4.75. The third-order valence-electron chi connectivity index (χ3n) is 2.49. The van der Waals surface area contributed by atoms with Gasteiger partial charge in [-0.25, -0.2) is 0 Å². The molecule has 1 N–H and O–H groups in total. The quantitative estimate of drug-likeness (QED) is 0.438. The van der Waals surface area contributed by atoms with Crippen LogP contribution in [0.5, 0.6) is 5.19 Å². The van der Waals surface area contributed by atoms with Gasteiger partial charge >= 0.3 is 0 Å². The molecule has 2 aromatic rings. The van der Waals surface area contributed by atoms with E-state index in [1.54, 1.807) is 0 Å². The Morgan fingerprint density at radius 1 is 1.50 bits per heavy atom. The zero-order valence-electron chi connectivity index (χ0n) is 12.7. The first-order chi connectivity index (χ1) is 11.3. The largest absolute Gasteiger partial charge is 0.466 e. The van der Waals surface area contributed by atoms with Crippen LogP contribution in [0.2, 0.25) is 5.02 Å². The van der Waals surface area contributed by atoms with Crippen molar-refractivity contribution in [3.8, 4) is 5.19 Å². The number of rotatable bonds is 7. The minimum atomic E-state index is -0.556. The fraction of sp³-hybridized carbons (Fsp3) is 0.308. The Bertz CT molecular complexity index is 753. The van der Waals surface area contributed by atoms with Crippen molar-refractivity contribution in [1.29, 1.82) is 0 Å². The second kappa shape index (κ2) is 8.27. The highest BCUT2D eigenvalue weighted by atomic mass is 35.5. The molecule has 128 valence electrons. The van der Waals surface area contributed by atoms with Gasteiger partial charge < -0.3 is 10.1 Å². The zero-order chi connectivity index (χ0) is 17.7. The van der Waals surface area contributed by atoms with E-state index in [1.165, 1.54) is 41.3 Å². The van der Waals surface area contributed by atoms with Crippen LogP contribution in [-0.4, -0.2) is 32.9 Å². The Morgan fingerprint density at radius 3 is 2.88 bits per heavy atom. The molecule has 8 nitrogen and oxygen atoms in total. The maximum absolute atomic E-state index is 11.9. The van der Waals surface area contributed by atoms with Crippen molar-refractivity contribution in [2.75, 3.05) is 11.1 Å². The van der Waals surface area contributed by atoms with Crippen molar-refractivity contribution in [2.24, 2.45) is 0 Å². The molecule has 0 aliphatic heterocycles. The Morgan fingerprint density at radius 2 is 2.25 bits per heavy atom. The number of nitrogens with one attached hydrogen (secondary N) is 1. The summed E-state index contributed by atoms with van der Waals surface area (Å²) in [6, 6.07) is 3.85. The first-order valence-electron chi connectivity index (χ1n) is 6.72. The van der Waals surface area contributed by atoms with Crippen molar-refractivity contribution < 1.29 is 14.5 Å². The number of ether oxygens (including phenoxy) is 1. The van der Waals surface area contributed by atoms with Crippen LogP contribution >= 0.6 is 34.7 Å². The van der Waals surface area contributed by atoms with Gasteiger partial charge in [0.25, 0.3) is 10.9 Å². The van der Waals surface area contributed by atoms with Crippen molar-refractivity contribution in [3.63, 3.8) is 0 Å². The molecule has 0 saturated heterocycles. The molecule has 11 heteroatoms. The number of aromatic nitrogens is 2. The number of nitrogens with zero attached hydrogens (tertiary/aromatic N) is 3. The molecule has 0 radical (unpaired) electrons. The van der Waals surface area contributed by atoms with Gasteiger partial charge in [0, 0.05) is 12.1 Å². The van der Waals surface area contributed by atoms with Gasteiger partial charge in [0.1, 0.15) is 0 Å². The molecular weight excluding hydrogens is 376 g/mol. The lowest BCUT2D eigenvalue weighted by atomic mass is 10.3. The van der Waals surface area contributed by atoms with Gasteiger partial charge in [0.05, 0.1) is 27.5 Å². The number of nitro groups is 1. The molecule has 1 aromatic heterocycles. The van der Waals surface area contributed by atoms with Gasteiger partial charge in [-0.05, 0) is 31.3 Å². The summed E-state index contributed by atoms with van der Waals surface area (Å²) in [5.74, 6) is -0.207. The van der Waals surface area contributed by atoms with Crippen LogP contribution in [0.4, 0.5) is 11.4 Å². The summed E-state index contributed by atoms with van der Waals surface area (Å²) in [7, 11) is 0. The second-order valence-electron chi connectivity index (χ2n) is 4.76. The second-order valence-corrected chi connectivity index (χ2v) is 7.33. The Hall–Kier alpha value is -1.91. The van der Waals surface area contributed by atoms with Gasteiger partial charge in [-0.1, -0.05) is 28.5 Å². The highest BCUT2D eigenvalue weighted by Crippen LogP contribution is 2.29. The zero-order valence-corrected chi connectivity index (χ0v) is 15.1. The molecule has 0 unspecified atom stereocenters. The van der Waals surface area contributed by atoms with Crippen LogP contribution < -0.4 is 10.1 Å². The SMILES string of the molecule is CC(C)Oc1nnc(SCC(=O)Nc2ccc([N+](=O)[O-])cc2Cl)s1. The number of amides is 1. The average Bonchev–Trinajstić information content (AvgIpc) is 2.93. The van der Waals surface area contributed by atoms with Crippen LogP contribution in [-0.2, 0) is 4.79 Å². The Labute approximate surface area is 150 Å². The molecule has 1 amide bonds. The standard InChI is InChI=1S/C13H13ClN4O4S2/c1-7(2)22-12-16-17-13(24-12)23-6-11(19)15-10-4-3-8(18(20)21)5-9(10)14/h3-5,7H,6H2,1-2H3,(H,15,19). The van der Waals surface area contributed by atoms with Crippen LogP contribution in [0.1, 0.15) is 13.8 Å². The van der Waals surface area contributed by atoms with Gasteiger partial charge in [-0.2, -0.15) is 0 Å². The lowest BCUT2D eigenvalue weighted by Gasteiger charge is -2.06. The topological polar surface area (TPSA) is 107 Å². The van der Waals surface area contributed by atoms with Gasteiger partial charge in [0.15, 0.2) is 4.34 Å². The fourth-order valence-electron chi connectivity index (χ4n) is 1.54. The summed E-state index contributed by atoms with van der Waals surface area (Å²) in [4.78, 5) is 22.0. The predicted octanol–water partition coefficient (Wildman–Crippen LogP) is 3.62. The summed E-state index contributed by atoms with van der Waals surface area (Å²) < 4.78 is 6.01. The highest BCUT2D eigenvalue weighted by Gasteiger charge is 2.13. The highest BCUT2D eigenvalue weighted by molar-refractivity contribution is 8.01. The summed E-state index contributed by atoms with van der Waals surface area (Å²) in [5.41, 5.74) is 0.174. The number of thioether (sulfide) groups is 1. The number of benzene rings is 1. The molecule has 24 heavy (non-hydrogen) atoms. The first-order valence-corrected chi connectivity index (χ1v) is 8.90. The monoisotopic (exact) mass is 388 g/mol. The summed E-state index contributed by atoms with van der Waals surface area (Å²) in [5, 5.41) is 21.6. The lowest BCUT2D eigenvalue weighted by Crippen LogP contribution is -2.14. The van der Waals surface area contributed by atoms with E-state index in [4.69, 9.17) is 16.3 Å². The fourth-order valence-corrected chi connectivity index (χ4v) is 3.36. The van der Waals surface area contributed by atoms with Crippen LogP contribution in [0.25, 0.3) is 0 Å². The Kier molecular flexibility index (Phi) is 6.35. The molecule has 0 atom stereocenters. The summed E-state index contributed by atoms with van der Waals surface area (Å²) >= 11 is 8.39.